The summed E-state index contributed by atoms with van der Waals surface area (Å²) >= 11 is 5.83. The Morgan fingerprint density at radius 1 is 1.15 bits per heavy atom. The number of anilines is 2. The first-order valence-electron chi connectivity index (χ1n) is 7.29. The Kier molecular flexibility index (Phi) is 6.10. The third-order valence-corrected chi connectivity index (χ3v) is 3.63. The lowest BCUT2D eigenvalue weighted by Crippen LogP contribution is -2.22. The van der Waals surface area contributed by atoms with E-state index in [9.17, 15) is 22.8 Å². The first-order chi connectivity index (χ1) is 12.2. The van der Waals surface area contributed by atoms with Crippen molar-refractivity contribution < 1.29 is 27.5 Å². The van der Waals surface area contributed by atoms with Crippen LogP contribution in [-0.2, 0) is 15.7 Å². The van der Waals surface area contributed by atoms with Crippen molar-refractivity contribution in [3.8, 4) is 0 Å². The first kappa shape index (κ1) is 19.6. The zero-order valence-electron chi connectivity index (χ0n) is 13.5. The van der Waals surface area contributed by atoms with Crippen LogP contribution in [0.1, 0.15) is 15.9 Å². The quantitative estimate of drug-likeness (QED) is 0.756. The van der Waals surface area contributed by atoms with Gasteiger partial charge in [-0.25, -0.2) is 4.79 Å². The molecule has 2 rings (SSSR count). The van der Waals surface area contributed by atoms with Gasteiger partial charge >= 0.3 is 12.1 Å². The Morgan fingerprint density at radius 3 is 2.54 bits per heavy atom. The number of hydrogen-bond donors (Lipinski definition) is 2. The molecule has 2 aromatic rings. The second-order valence-electron chi connectivity index (χ2n) is 5.17. The molecule has 0 fully saturated rings. The molecule has 0 aliphatic rings. The van der Waals surface area contributed by atoms with E-state index in [2.05, 4.69) is 15.4 Å². The SMILES string of the molecule is COC(=O)c1cccc(NCC(=O)Nc2cc(C(F)(F)F)ccc2Cl)c1. The monoisotopic (exact) mass is 386 g/mol. The van der Waals surface area contributed by atoms with Gasteiger partial charge in [-0.1, -0.05) is 17.7 Å². The maximum atomic E-state index is 12.7. The first-order valence-corrected chi connectivity index (χ1v) is 7.67. The molecule has 26 heavy (non-hydrogen) atoms. The number of carbonyl (C=O) groups excluding carboxylic acids is 2. The van der Waals surface area contributed by atoms with Gasteiger partial charge in [-0.2, -0.15) is 13.2 Å². The van der Waals surface area contributed by atoms with E-state index in [1.165, 1.54) is 13.2 Å². The molecule has 138 valence electrons. The van der Waals surface area contributed by atoms with Gasteiger partial charge in [0.2, 0.25) is 5.91 Å². The fourth-order valence-electron chi connectivity index (χ4n) is 2.05. The molecule has 0 unspecified atom stereocenters. The van der Waals surface area contributed by atoms with Crippen LogP contribution >= 0.6 is 11.6 Å². The van der Waals surface area contributed by atoms with Crippen LogP contribution in [0.2, 0.25) is 5.02 Å². The van der Waals surface area contributed by atoms with Crippen molar-refractivity contribution in [2.45, 2.75) is 6.18 Å². The Morgan fingerprint density at radius 2 is 1.88 bits per heavy atom. The van der Waals surface area contributed by atoms with Crippen LogP contribution in [0.5, 0.6) is 0 Å². The lowest BCUT2D eigenvalue weighted by atomic mass is 10.2. The number of ether oxygens (including phenoxy) is 1. The van der Waals surface area contributed by atoms with Crippen LogP contribution in [0.15, 0.2) is 42.5 Å². The van der Waals surface area contributed by atoms with Gasteiger partial charge in [0, 0.05) is 5.69 Å². The van der Waals surface area contributed by atoms with Gasteiger partial charge in [0.05, 0.1) is 35.5 Å². The van der Waals surface area contributed by atoms with E-state index >= 15 is 0 Å². The molecule has 0 saturated heterocycles. The van der Waals surface area contributed by atoms with Gasteiger partial charge in [0.15, 0.2) is 0 Å². The molecule has 0 atom stereocenters. The van der Waals surface area contributed by atoms with E-state index in [0.29, 0.717) is 11.3 Å². The number of methoxy groups -OCH3 is 1. The van der Waals surface area contributed by atoms with Crippen molar-refractivity contribution in [2.24, 2.45) is 0 Å². The molecule has 5 nitrogen and oxygen atoms in total. The molecular formula is C17H14ClF3N2O3. The summed E-state index contributed by atoms with van der Waals surface area (Å²) in [5.41, 5.74) is -0.301. The summed E-state index contributed by atoms with van der Waals surface area (Å²) in [5.74, 6) is -1.14. The van der Waals surface area contributed by atoms with Crippen LogP contribution < -0.4 is 10.6 Å². The predicted molar refractivity (Wildman–Crippen MR) is 91.4 cm³/mol. The minimum absolute atomic E-state index is 0.0148. The van der Waals surface area contributed by atoms with Gasteiger partial charge in [0.25, 0.3) is 0 Å². The highest BCUT2D eigenvalue weighted by Crippen LogP contribution is 2.33. The number of esters is 1. The zero-order valence-corrected chi connectivity index (χ0v) is 14.2. The molecule has 0 bridgehead atoms. The van der Waals surface area contributed by atoms with E-state index < -0.39 is 23.6 Å². The van der Waals surface area contributed by atoms with E-state index in [1.807, 2.05) is 0 Å². The lowest BCUT2D eigenvalue weighted by molar-refractivity contribution is -0.137. The van der Waals surface area contributed by atoms with Crippen LogP contribution in [-0.4, -0.2) is 25.5 Å². The Hall–Kier alpha value is -2.74. The van der Waals surface area contributed by atoms with Crippen LogP contribution in [0.4, 0.5) is 24.5 Å². The van der Waals surface area contributed by atoms with Crippen LogP contribution in [0, 0.1) is 0 Å². The van der Waals surface area contributed by atoms with E-state index in [0.717, 1.165) is 18.2 Å². The third-order valence-electron chi connectivity index (χ3n) is 3.30. The maximum Gasteiger partial charge on any atom is 0.416 e. The summed E-state index contributed by atoms with van der Waals surface area (Å²) in [5, 5.41) is 5.06. The number of alkyl halides is 3. The van der Waals surface area contributed by atoms with Crippen molar-refractivity contribution in [1.82, 2.24) is 0 Å². The normalized spacial score (nSPS) is 11.0. The van der Waals surface area contributed by atoms with Crippen molar-refractivity contribution in [3.63, 3.8) is 0 Å². The number of benzene rings is 2. The number of amides is 1. The fraction of sp³-hybridized carbons (Fsp3) is 0.176. The number of halogens is 4. The van der Waals surface area contributed by atoms with Gasteiger partial charge < -0.3 is 15.4 Å². The largest absolute Gasteiger partial charge is 0.465 e. The minimum Gasteiger partial charge on any atom is -0.465 e. The second kappa shape index (κ2) is 8.09. The molecule has 1 amide bonds. The standard InChI is InChI=1S/C17H14ClF3N2O3/c1-26-16(25)10-3-2-4-12(7-10)22-9-15(24)23-14-8-11(17(19,20)21)5-6-13(14)18/h2-8,22H,9H2,1H3,(H,23,24). The van der Waals surface area contributed by atoms with Gasteiger partial charge in [0.1, 0.15) is 0 Å². The summed E-state index contributed by atoms with van der Waals surface area (Å²) in [7, 11) is 1.24. The number of carbonyl (C=O) groups is 2. The van der Waals surface area contributed by atoms with Crippen LogP contribution in [0.3, 0.4) is 0 Å². The van der Waals surface area contributed by atoms with Crippen molar-refractivity contribution in [2.75, 3.05) is 24.3 Å². The summed E-state index contributed by atoms with van der Waals surface area (Å²) in [6.07, 6.45) is -4.54. The molecule has 0 aromatic heterocycles. The molecule has 2 N–H and O–H groups in total. The highest BCUT2D eigenvalue weighted by Gasteiger charge is 2.31. The Bertz CT molecular complexity index is 825. The lowest BCUT2D eigenvalue weighted by Gasteiger charge is -2.12. The minimum atomic E-state index is -4.54. The highest BCUT2D eigenvalue weighted by molar-refractivity contribution is 6.33. The Balaban J connectivity index is 2.03. The van der Waals surface area contributed by atoms with Crippen molar-refractivity contribution >= 4 is 34.9 Å². The zero-order chi connectivity index (χ0) is 19.3. The topological polar surface area (TPSA) is 67.4 Å². The predicted octanol–water partition coefficient (Wildman–Crippen LogP) is 4.20. The molecule has 0 radical (unpaired) electrons. The molecule has 2 aromatic carbocycles. The van der Waals surface area contributed by atoms with E-state index in [4.69, 9.17) is 11.6 Å². The second-order valence-corrected chi connectivity index (χ2v) is 5.57. The number of nitrogens with one attached hydrogen (secondary N) is 2. The summed E-state index contributed by atoms with van der Waals surface area (Å²) < 4.78 is 42.8. The number of hydrogen-bond acceptors (Lipinski definition) is 4. The van der Waals surface area contributed by atoms with E-state index in [-0.39, 0.29) is 17.3 Å². The summed E-state index contributed by atoms with van der Waals surface area (Å²) in [6.45, 7) is -0.239. The molecule has 0 aliphatic heterocycles. The fourth-order valence-corrected chi connectivity index (χ4v) is 2.21. The molecule has 0 spiro atoms. The average molecular weight is 387 g/mol. The third kappa shape index (κ3) is 5.13. The smallest absolute Gasteiger partial charge is 0.416 e. The number of rotatable bonds is 5. The van der Waals surface area contributed by atoms with Gasteiger partial charge in [-0.15, -0.1) is 0 Å². The Labute approximate surface area is 152 Å². The van der Waals surface area contributed by atoms with Crippen molar-refractivity contribution in [3.05, 3.63) is 58.6 Å². The summed E-state index contributed by atoms with van der Waals surface area (Å²) in [4.78, 5) is 23.4. The maximum absolute atomic E-state index is 12.7. The summed E-state index contributed by atoms with van der Waals surface area (Å²) in [6, 6.07) is 8.89. The van der Waals surface area contributed by atoms with Crippen molar-refractivity contribution in [1.29, 1.82) is 0 Å². The van der Waals surface area contributed by atoms with E-state index in [1.54, 1.807) is 18.2 Å². The molecule has 0 aliphatic carbocycles. The molecule has 0 heterocycles. The molecule has 0 saturated carbocycles. The molecular weight excluding hydrogens is 373 g/mol. The highest BCUT2D eigenvalue weighted by atomic mass is 35.5. The van der Waals surface area contributed by atoms with Crippen LogP contribution in [0.25, 0.3) is 0 Å². The average Bonchev–Trinajstić information content (AvgIpc) is 2.60. The molecule has 9 heteroatoms. The van der Waals surface area contributed by atoms with Gasteiger partial charge in [-0.3, -0.25) is 4.79 Å². The van der Waals surface area contributed by atoms with Gasteiger partial charge in [-0.05, 0) is 36.4 Å².